The van der Waals surface area contributed by atoms with Crippen LogP contribution < -0.4 is 4.74 Å². The van der Waals surface area contributed by atoms with Crippen LogP contribution in [-0.4, -0.2) is 12.0 Å². The first-order valence-electron chi connectivity index (χ1n) is 5.21. The smallest absolute Gasteiger partial charge is 0.346 e. The van der Waals surface area contributed by atoms with Crippen LogP contribution in [-0.2, 0) is 0 Å². The van der Waals surface area contributed by atoms with Crippen molar-refractivity contribution in [3.05, 3.63) is 58.4 Å². The van der Waals surface area contributed by atoms with Crippen molar-refractivity contribution in [1.29, 1.82) is 0 Å². The maximum atomic E-state index is 13.5. The van der Waals surface area contributed by atoms with E-state index >= 15 is 0 Å². The van der Waals surface area contributed by atoms with Crippen molar-refractivity contribution in [3.63, 3.8) is 0 Å². The van der Waals surface area contributed by atoms with Gasteiger partial charge < -0.3 is 4.74 Å². The van der Waals surface area contributed by atoms with Gasteiger partial charge in [-0.3, -0.25) is 10.1 Å². The normalized spacial score (nSPS) is 10.1. The highest BCUT2D eigenvalue weighted by atomic mass is 19.1. The van der Waals surface area contributed by atoms with Gasteiger partial charge in [0.2, 0.25) is 11.6 Å². The largest absolute Gasteiger partial charge is 0.490 e. The van der Waals surface area contributed by atoms with Gasteiger partial charge in [0.05, 0.1) is 12.0 Å². The number of nitro groups is 1. The lowest BCUT2D eigenvalue weighted by atomic mass is 10.0. The van der Waals surface area contributed by atoms with Crippen molar-refractivity contribution < 1.29 is 14.1 Å². The lowest BCUT2D eigenvalue weighted by molar-refractivity contribution is -0.388. The molecule has 0 bridgehead atoms. The fourth-order valence-corrected chi connectivity index (χ4v) is 1.77. The molecule has 0 radical (unpaired) electrons. The van der Waals surface area contributed by atoms with Gasteiger partial charge in [-0.1, -0.05) is 30.3 Å². The van der Waals surface area contributed by atoms with Gasteiger partial charge in [0, 0.05) is 5.56 Å². The summed E-state index contributed by atoms with van der Waals surface area (Å²) >= 11 is 0. The molecule has 2 aromatic carbocycles. The number of nitrogens with zero attached hydrogens (tertiary/aromatic N) is 1. The average Bonchev–Trinajstić information content (AvgIpc) is 2.38. The molecule has 0 aromatic heterocycles. The molecule has 0 aliphatic heterocycles. The Morgan fingerprint density at radius 1 is 1.17 bits per heavy atom. The van der Waals surface area contributed by atoms with E-state index < -0.39 is 16.4 Å². The molecule has 5 heteroatoms. The van der Waals surface area contributed by atoms with Crippen LogP contribution in [0.5, 0.6) is 5.75 Å². The first-order valence-corrected chi connectivity index (χ1v) is 5.21. The maximum absolute atomic E-state index is 13.5. The Kier molecular flexibility index (Phi) is 3.23. The van der Waals surface area contributed by atoms with Gasteiger partial charge in [0.1, 0.15) is 0 Å². The number of rotatable bonds is 3. The number of halogens is 1. The maximum Gasteiger partial charge on any atom is 0.346 e. The van der Waals surface area contributed by atoms with Gasteiger partial charge in [-0.2, -0.15) is 4.39 Å². The third-order valence-electron chi connectivity index (χ3n) is 2.55. The molecule has 0 aliphatic carbocycles. The Balaban J connectivity index is 2.70. The lowest BCUT2D eigenvalue weighted by Gasteiger charge is -2.09. The predicted octanol–water partition coefficient (Wildman–Crippen LogP) is 3.41. The first kappa shape index (κ1) is 12.0. The van der Waals surface area contributed by atoms with Crippen molar-refractivity contribution in [2.75, 3.05) is 7.11 Å². The van der Waals surface area contributed by atoms with Crippen LogP contribution in [0.3, 0.4) is 0 Å². The van der Waals surface area contributed by atoms with Crippen molar-refractivity contribution in [2.45, 2.75) is 0 Å². The van der Waals surface area contributed by atoms with Crippen molar-refractivity contribution in [1.82, 2.24) is 0 Å². The Morgan fingerprint density at radius 2 is 1.83 bits per heavy atom. The number of methoxy groups -OCH3 is 1. The molecule has 0 fully saturated rings. The SMILES string of the molecule is COc1c(-c2ccccc2)ccc(F)c1[N+](=O)[O-]. The standard InChI is InChI=1S/C13H10FNO3/c1-18-13-10(9-5-3-2-4-6-9)7-8-11(14)12(13)15(16)17/h2-8H,1H3. The first-order chi connectivity index (χ1) is 8.65. The summed E-state index contributed by atoms with van der Waals surface area (Å²) in [7, 11) is 1.29. The molecule has 0 atom stereocenters. The minimum atomic E-state index is -0.906. The van der Waals surface area contributed by atoms with Gasteiger partial charge in [-0.15, -0.1) is 0 Å². The van der Waals surface area contributed by atoms with Gasteiger partial charge in [0.15, 0.2) is 0 Å². The van der Waals surface area contributed by atoms with E-state index in [-0.39, 0.29) is 5.75 Å². The molecule has 0 N–H and O–H groups in total. The zero-order chi connectivity index (χ0) is 13.1. The lowest BCUT2D eigenvalue weighted by Crippen LogP contribution is -1.99. The minimum Gasteiger partial charge on any atom is -0.490 e. The number of ether oxygens (including phenoxy) is 1. The summed E-state index contributed by atoms with van der Waals surface area (Å²) in [6.07, 6.45) is 0. The Bertz CT molecular complexity index is 584. The molecule has 4 nitrogen and oxygen atoms in total. The second-order valence-corrected chi connectivity index (χ2v) is 3.60. The highest BCUT2D eigenvalue weighted by Gasteiger charge is 2.25. The second-order valence-electron chi connectivity index (χ2n) is 3.60. The summed E-state index contributed by atoms with van der Waals surface area (Å²) in [6, 6.07) is 11.5. The molecule has 0 heterocycles. The number of hydrogen-bond donors (Lipinski definition) is 0. The minimum absolute atomic E-state index is 0.0637. The molecule has 0 aliphatic rings. The molecular weight excluding hydrogens is 237 g/mol. The quantitative estimate of drug-likeness (QED) is 0.617. The van der Waals surface area contributed by atoms with Crippen LogP contribution in [0.15, 0.2) is 42.5 Å². The molecule has 2 aromatic rings. The molecule has 0 unspecified atom stereocenters. The van der Waals surface area contributed by atoms with Crippen molar-refractivity contribution in [2.24, 2.45) is 0 Å². The van der Waals surface area contributed by atoms with E-state index in [1.807, 2.05) is 6.07 Å². The molecular formula is C13H10FNO3. The third-order valence-corrected chi connectivity index (χ3v) is 2.55. The van der Waals surface area contributed by atoms with E-state index in [4.69, 9.17) is 4.74 Å². The van der Waals surface area contributed by atoms with Crippen LogP contribution >= 0.6 is 0 Å². The molecule has 92 valence electrons. The topological polar surface area (TPSA) is 52.4 Å². The molecule has 0 saturated carbocycles. The predicted molar refractivity (Wildman–Crippen MR) is 65.0 cm³/mol. The fourth-order valence-electron chi connectivity index (χ4n) is 1.77. The zero-order valence-electron chi connectivity index (χ0n) is 9.59. The monoisotopic (exact) mass is 247 g/mol. The third kappa shape index (κ3) is 2.02. The van der Waals surface area contributed by atoms with E-state index in [9.17, 15) is 14.5 Å². The van der Waals surface area contributed by atoms with Gasteiger partial charge in [-0.05, 0) is 17.7 Å². The molecule has 2 rings (SSSR count). The summed E-state index contributed by atoms with van der Waals surface area (Å²) in [4.78, 5) is 10.1. The summed E-state index contributed by atoms with van der Waals surface area (Å²) in [5.74, 6) is -0.970. The van der Waals surface area contributed by atoms with Gasteiger partial charge in [0.25, 0.3) is 0 Å². The van der Waals surface area contributed by atoms with Crippen LogP contribution in [0.25, 0.3) is 11.1 Å². The summed E-state index contributed by atoms with van der Waals surface area (Å²) in [6.45, 7) is 0. The van der Waals surface area contributed by atoms with Gasteiger partial charge in [-0.25, -0.2) is 0 Å². The van der Waals surface area contributed by atoms with Crippen molar-refractivity contribution in [3.8, 4) is 16.9 Å². The van der Waals surface area contributed by atoms with Gasteiger partial charge >= 0.3 is 5.69 Å². The number of nitro benzene ring substituents is 1. The number of benzene rings is 2. The van der Waals surface area contributed by atoms with E-state index in [2.05, 4.69) is 0 Å². The summed E-state index contributed by atoms with van der Waals surface area (Å²) in [5, 5.41) is 10.9. The van der Waals surface area contributed by atoms with Crippen LogP contribution in [0.4, 0.5) is 10.1 Å². The van der Waals surface area contributed by atoms with E-state index in [1.165, 1.54) is 13.2 Å². The zero-order valence-corrected chi connectivity index (χ0v) is 9.59. The fraction of sp³-hybridized carbons (Fsp3) is 0.0769. The molecule has 0 saturated heterocycles. The van der Waals surface area contributed by atoms with E-state index in [0.29, 0.717) is 5.56 Å². The Morgan fingerprint density at radius 3 is 2.39 bits per heavy atom. The van der Waals surface area contributed by atoms with E-state index in [0.717, 1.165) is 11.6 Å². The van der Waals surface area contributed by atoms with Crippen LogP contribution in [0.1, 0.15) is 0 Å². The molecule has 0 spiro atoms. The van der Waals surface area contributed by atoms with Crippen LogP contribution in [0, 0.1) is 15.9 Å². The molecule has 18 heavy (non-hydrogen) atoms. The second kappa shape index (κ2) is 4.83. The van der Waals surface area contributed by atoms with Crippen LogP contribution in [0.2, 0.25) is 0 Å². The Hall–Kier alpha value is -2.43. The van der Waals surface area contributed by atoms with E-state index in [1.54, 1.807) is 24.3 Å². The Labute approximate surface area is 103 Å². The van der Waals surface area contributed by atoms with Crippen molar-refractivity contribution >= 4 is 5.69 Å². The number of hydrogen-bond acceptors (Lipinski definition) is 3. The average molecular weight is 247 g/mol. The highest BCUT2D eigenvalue weighted by molar-refractivity contribution is 5.75. The summed E-state index contributed by atoms with van der Waals surface area (Å²) in [5.41, 5.74) is 0.586. The molecule has 0 amide bonds. The summed E-state index contributed by atoms with van der Waals surface area (Å²) < 4.78 is 18.5. The highest BCUT2D eigenvalue weighted by Crippen LogP contribution is 2.39.